The highest BCUT2D eigenvalue weighted by Gasteiger charge is 2.45. The second kappa shape index (κ2) is 8.10. The summed E-state index contributed by atoms with van der Waals surface area (Å²) in [5.41, 5.74) is 2.80. The van der Waals surface area contributed by atoms with E-state index in [1.807, 2.05) is 11.0 Å². The van der Waals surface area contributed by atoms with Crippen molar-refractivity contribution >= 4 is 22.8 Å². The summed E-state index contributed by atoms with van der Waals surface area (Å²) in [6, 6.07) is 6.11. The first-order valence-electron chi connectivity index (χ1n) is 11.8. The highest BCUT2D eigenvalue weighted by molar-refractivity contribution is 5.86. The Balaban J connectivity index is 1.32. The van der Waals surface area contributed by atoms with Crippen LogP contribution in [0.25, 0.3) is 10.9 Å². The van der Waals surface area contributed by atoms with E-state index < -0.39 is 5.97 Å². The average Bonchev–Trinajstić information content (AvgIpc) is 3.39. The first-order chi connectivity index (χ1) is 15.4. The second-order valence-electron chi connectivity index (χ2n) is 9.82. The van der Waals surface area contributed by atoms with Crippen molar-refractivity contribution in [3.63, 3.8) is 0 Å². The third-order valence-electron chi connectivity index (χ3n) is 7.94. The van der Waals surface area contributed by atoms with Crippen LogP contribution in [-0.4, -0.2) is 53.7 Å². The average molecular weight is 441 g/mol. The van der Waals surface area contributed by atoms with Gasteiger partial charge in [-0.3, -0.25) is 9.59 Å². The topological polar surface area (TPSA) is 91.9 Å². The SMILES string of the molecule is COc1ccc2[nH]c3c(c2c1)CCOC31CCN(C(=O)CC2(CC(=O)O)CCCC2)CC1. The Hall–Kier alpha value is -2.54. The molecule has 0 atom stereocenters. The van der Waals surface area contributed by atoms with Gasteiger partial charge in [-0.15, -0.1) is 0 Å². The molecule has 7 heteroatoms. The number of piperidine rings is 1. The zero-order chi connectivity index (χ0) is 22.3. The molecule has 2 aromatic rings. The van der Waals surface area contributed by atoms with Crippen molar-refractivity contribution in [1.29, 1.82) is 0 Å². The van der Waals surface area contributed by atoms with Gasteiger partial charge in [-0.1, -0.05) is 12.8 Å². The largest absolute Gasteiger partial charge is 0.497 e. The third-order valence-corrected chi connectivity index (χ3v) is 7.94. The molecule has 3 heterocycles. The number of rotatable bonds is 5. The maximum atomic E-state index is 13.1. The number of nitrogens with one attached hydrogen (secondary N) is 1. The molecule has 1 aliphatic carbocycles. The number of hydrogen-bond donors (Lipinski definition) is 2. The Morgan fingerprint density at radius 3 is 2.59 bits per heavy atom. The predicted molar refractivity (Wildman–Crippen MR) is 120 cm³/mol. The summed E-state index contributed by atoms with van der Waals surface area (Å²) < 4.78 is 11.8. The van der Waals surface area contributed by atoms with E-state index in [0.717, 1.165) is 61.9 Å². The maximum absolute atomic E-state index is 13.1. The predicted octanol–water partition coefficient (Wildman–Crippen LogP) is 3.99. The van der Waals surface area contributed by atoms with Crippen molar-refractivity contribution in [3.8, 4) is 5.75 Å². The Morgan fingerprint density at radius 1 is 1.16 bits per heavy atom. The Kier molecular flexibility index (Phi) is 5.40. The molecular weight excluding hydrogens is 408 g/mol. The summed E-state index contributed by atoms with van der Waals surface area (Å²) in [6.45, 7) is 1.95. The van der Waals surface area contributed by atoms with Gasteiger partial charge in [-0.2, -0.15) is 0 Å². The lowest BCUT2D eigenvalue weighted by molar-refractivity contribution is -0.145. The van der Waals surface area contributed by atoms with E-state index in [9.17, 15) is 14.7 Å². The number of likely N-dealkylation sites (tertiary alicyclic amines) is 1. The monoisotopic (exact) mass is 440 g/mol. The Labute approximate surface area is 188 Å². The number of amides is 1. The van der Waals surface area contributed by atoms with Crippen LogP contribution in [0.1, 0.15) is 62.6 Å². The molecule has 2 fully saturated rings. The highest BCUT2D eigenvalue weighted by atomic mass is 16.5. The van der Waals surface area contributed by atoms with Gasteiger partial charge in [0.25, 0.3) is 0 Å². The van der Waals surface area contributed by atoms with Gasteiger partial charge in [-0.05, 0) is 61.3 Å². The molecule has 2 N–H and O–H groups in total. The van der Waals surface area contributed by atoms with Crippen molar-refractivity contribution < 1.29 is 24.2 Å². The zero-order valence-corrected chi connectivity index (χ0v) is 18.7. The number of carboxylic acids is 1. The molecule has 0 radical (unpaired) electrons. The fourth-order valence-electron chi connectivity index (χ4n) is 6.23. The molecule has 1 aromatic carbocycles. The number of aromatic amines is 1. The zero-order valence-electron chi connectivity index (χ0n) is 18.7. The van der Waals surface area contributed by atoms with Gasteiger partial charge in [0.1, 0.15) is 11.4 Å². The normalized spacial score (nSPS) is 21.6. The van der Waals surface area contributed by atoms with E-state index in [1.54, 1.807) is 7.11 Å². The first-order valence-corrected chi connectivity index (χ1v) is 11.8. The number of aromatic nitrogens is 1. The van der Waals surface area contributed by atoms with Gasteiger partial charge >= 0.3 is 5.97 Å². The first kappa shape index (κ1) is 21.3. The minimum atomic E-state index is -0.795. The number of ether oxygens (including phenoxy) is 2. The lowest BCUT2D eigenvalue weighted by atomic mass is 9.78. The molecule has 5 rings (SSSR count). The van der Waals surface area contributed by atoms with E-state index in [4.69, 9.17) is 9.47 Å². The van der Waals surface area contributed by atoms with Gasteiger partial charge in [-0.25, -0.2) is 0 Å². The fourth-order valence-corrected chi connectivity index (χ4v) is 6.23. The quantitative estimate of drug-likeness (QED) is 0.733. The van der Waals surface area contributed by atoms with Gasteiger partial charge in [0, 0.05) is 30.4 Å². The molecule has 172 valence electrons. The number of methoxy groups -OCH3 is 1. The Morgan fingerprint density at radius 2 is 1.91 bits per heavy atom. The summed E-state index contributed by atoms with van der Waals surface area (Å²) in [4.78, 5) is 30.1. The van der Waals surface area contributed by atoms with Crippen molar-refractivity contribution in [2.24, 2.45) is 5.41 Å². The molecule has 2 aliphatic heterocycles. The second-order valence-corrected chi connectivity index (χ2v) is 9.82. The van der Waals surface area contributed by atoms with Crippen molar-refractivity contribution in [2.45, 2.75) is 63.4 Å². The maximum Gasteiger partial charge on any atom is 0.303 e. The summed E-state index contributed by atoms with van der Waals surface area (Å²) in [7, 11) is 1.68. The number of carbonyl (C=O) groups is 2. The lowest BCUT2D eigenvalue weighted by Gasteiger charge is -2.44. The smallest absolute Gasteiger partial charge is 0.303 e. The molecule has 7 nitrogen and oxygen atoms in total. The molecule has 1 spiro atoms. The number of H-pyrrole nitrogens is 1. The number of nitrogens with zero attached hydrogens (tertiary/aromatic N) is 1. The number of fused-ring (bicyclic) bond motifs is 4. The number of benzene rings is 1. The van der Waals surface area contributed by atoms with Crippen LogP contribution in [0.15, 0.2) is 18.2 Å². The van der Waals surface area contributed by atoms with E-state index in [2.05, 4.69) is 17.1 Å². The van der Waals surface area contributed by atoms with Crippen molar-refractivity contribution in [2.75, 3.05) is 26.8 Å². The summed E-state index contributed by atoms with van der Waals surface area (Å²) in [6.07, 6.45) is 6.54. The van der Waals surface area contributed by atoms with Crippen molar-refractivity contribution in [3.05, 3.63) is 29.5 Å². The van der Waals surface area contributed by atoms with Crippen molar-refractivity contribution in [1.82, 2.24) is 9.88 Å². The molecule has 0 bridgehead atoms. The summed E-state index contributed by atoms with van der Waals surface area (Å²) >= 11 is 0. The number of hydrogen-bond acceptors (Lipinski definition) is 4. The summed E-state index contributed by atoms with van der Waals surface area (Å²) in [5.74, 6) is 0.152. The van der Waals surface area contributed by atoms with Gasteiger partial charge < -0.3 is 24.5 Å². The lowest BCUT2D eigenvalue weighted by Crippen LogP contribution is -2.49. The van der Waals surface area contributed by atoms with Crippen LogP contribution in [0.4, 0.5) is 0 Å². The minimum Gasteiger partial charge on any atom is -0.497 e. The fraction of sp³-hybridized carbons (Fsp3) is 0.600. The van der Waals surface area contributed by atoms with E-state index >= 15 is 0 Å². The standard InChI is InChI=1S/C25H32N2O5/c1-31-17-4-5-20-19(14-17)18-6-13-32-25(23(18)26-20)9-11-27(12-10-25)21(28)15-24(16-22(29)30)7-2-3-8-24/h4-5,14,26H,2-3,6-13,15-16H2,1H3,(H,29,30). The van der Waals surface area contributed by atoms with E-state index in [-0.39, 0.29) is 23.3 Å². The number of carboxylic acid groups (broad SMARTS) is 1. The highest BCUT2D eigenvalue weighted by Crippen LogP contribution is 2.46. The Bertz CT molecular complexity index is 1030. The van der Waals surface area contributed by atoms with Crippen LogP contribution >= 0.6 is 0 Å². The molecule has 0 unspecified atom stereocenters. The molecule has 1 amide bonds. The molecule has 1 saturated heterocycles. The third kappa shape index (κ3) is 3.66. The summed E-state index contributed by atoms with van der Waals surface area (Å²) in [5, 5.41) is 10.6. The van der Waals surface area contributed by atoms with E-state index in [0.29, 0.717) is 26.1 Å². The number of carbonyl (C=O) groups excluding carboxylic acids is 1. The molecule has 1 aromatic heterocycles. The van der Waals surface area contributed by atoms with Crippen LogP contribution in [0.5, 0.6) is 5.75 Å². The van der Waals surface area contributed by atoms with Crippen LogP contribution in [0, 0.1) is 5.41 Å². The van der Waals surface area contributed by atoms with Crippen LogP contribution < -0.4 is 4.74 Å². The van der Waals surface area contributed by atoms with E-state index in [1.165, 1.54) is 10.9 Å². The van der Waals surface area contributed by atoms with Crippen LogP contribution in [0.3, 0.4) is 0 Å². The minimum absolute atomic E-state index is 0.0976. The van der Waals surface area contributed by atoms with Gasteiger partial charge in [0.05, 0.1) is 25.8 Å². The molecular formula is C25H32N2O5. The number of aliphatic carboxylic acids is 1. The molecule has 1 saturated carbocycles. The van der Waals surface area contributed by atoms with Crippen LogP contribution in [-0.2, 0) is 26.3 Å². The van der Waals surface area contributed by atoms with Gasteiger partial charge in [0.15, 0.2) is 0 Å². The molecule has 32 heavy (non-hydrogen) atoms. The molecule has 3 aliphatic rings. The van der Waals surface area contributed by atoms with Crippen LogP contribution in [0.2, 0.25) is 0 Å². The van der Waals surface area contributed by atoms with Gasteiger partial charge in [0.2, 0.25) is 5.91 Å².